The van der Waals surface area contributed by atoms with Crippen LogP contribution in [0.4, 0.5) is 13.2 Å². The van der Waals surface area contributed by atoms with Crippen molar-refractivity contribution in [2.75, 3.05) is 6.61 Å². The van der Waals surface area contributed by atoms with Crippen LogP contribution in [0.5, 0.6) is 0 Å². The van der Waals surface area contributed by atoms with E-state index in [-0.39, 0.29) is 13.0 Å². The van der Waals surface area contributed by atoms with Gasteiger partial charge in [-0.15, -0.1) is 0 Å². The van der Waals surface area contributed by atoms with Gasteiger partial charge in [0.05, 0.1) is 6.61 Å². The molecule has 5 heteroatoms. The van der Waals surface area contributed by atoms with E-state index in [4.69, 9.17) is 0 Å². The van der Waals surface area contributed by atoms with Gasteiger partial charge in [0, 0.05) is 0 Å². The van der Waals surface area contributed by atoms with E-state index in [1.165, 1.54) is 0 Å². The number of carbonyl (C=O) groups is 1. The molecule has 0 radical (unpaired) electrons. The fraction of sp³-hybridized carbons (Fsp3) is 0.900. The number of unbranched alkanes of at least 4 members (excludes halogenated alkanes) is 1. The standard InChI is InChI=1S/C10H17F3O2/c1-3-5-7-15-9(14)8(6-4-2)10(11,12)13/h8H,3-7H2,1-2H3. The lowest BCUT2D eigenvalue weighted by atomic mass is 10.0. The number of rotatable bonds is 6. The van der Waals surface area contributed by atoms with E-state index in [1.807, 2.05) is 6.92 Å². The van der Waals surface area contributed by atoms with E-state index in [0.717, 1.165) is 6.42 Å². The molecule has 0 aromatic carbocycles. The quantitative estimate of drug-likeness (QED) is 0.513. The fourth-order valence-corrected chi connectivity index (χ4v) is 1.12. The van der Waals surface area contributed by atoms with Gasteiger partial charge < -0.3 is 4.74 Å². The van der Waals surface area contributed by atoms with Crippen molar-refractivity contribution in [3.63, 3.8) is 0 Å². The van der Waals surface area contributed by atoms with Crippen LogP contribution < -0.4 is 0 Å². The Morgan fingerprint density at radius 3 is 2.27 bits per heavy atom. The molecule has 0 fully saturated rings. The predicted octanol–water partition coefficient (Wildman–Crippen LogP) is 3.31. The molecular weight excluding hydrogens is 209 g/mol. The molecule has 0 aliphatic rings. The highest BCUT2D eigenvalue weighted by Crippen LogP contribution is 2.30. The van der Waals surface area contributed by atoms with Gasteiger partial charge in [0.15, 0.2) is 5.92 Å². The summed E-state index contributed by atoms with van der Waals surface area (Å²) in [5.74, 6) is -3.10. The van der Waals surface area contributed by atoms with Crippen LogP contribution in [0.2, 0.25) is 0 Å². The first kappa shape index (κ1) is 14.3. The summed E-state index contributed by atoms with van der Waals surface area (Å²) < 4.78 is 41.7. The lowest BCUT2D eigenvalue weighted by Gasteiger charge is -2.18. The van der Waals surface area contributed by atoms with E-state index in [2.05, 4.69) is 4.74 Å². The molecule has 0 spiro atoms. The van der Waals surface area contributed by atoms with Crippen molar-refractivity contribution < 1.29 is 22.7 Å². The summed E-state index contributed by atoms with van der Waals surface area (Å²) in [5.41, 5.74) is 0. The lowest BCUT2D eigenvalue weighted by Crippen LogP contribution is -2.32. The summed E-state index contributed by atoms with van der Waals surface area (Å²) in [7, 11) is 0. The first-order valence-electron chi connectivity index (χ1n) is 5.16. The molecule has 90 valence electrons. The maximum Gasteiger partial charge on any atom is 0.402 e. The van der Waals surface area contributed by atoms with Gasteiger partial charge in [0.1, 0.15) is 0 Å². The molecule has 2 nitrogen and oxygen atoms in total. The van der Waals surface area contributed by atoms with Gasteiger partial charge in [0.2, 0.25) is 0 Å². The zero-order valence-electron chi connectivity index (χ0n) is 9.06. The number of ether oxygens (including phenoxy) is 1. The highest BCUT2D eigenvalue weighted by molar-refractivity contribution is 5.73. The molecule has 0 amide bonds. The molecule has 0 bridgehead atoms. The van der Waals surface area contributed by atoms with E-state index in [1.54, 1.807) is 6.92 Å². The van der Waals surface area contributed by atoms with Crippen molar-refractivity contribution in [2.45, 2.75) is 45.7 Å². The highest BCUT2D eigenvalue weighted by atomic mass is 19.4. The van der Waals surface area contributed by atoms with Gasteiger partial charge in [-0.3, -0.25) is 4.79 Å². The van der Waals surface area contributed by atoms with E-state index < -0.39 is 18.1 Å². The summed E-state index contributed by atoms with van der Waals surface area (Å²) in [4.78, 5) is 11.1. The Morgan fingerprint density at radius 1 is 1.27 bits per heavy atom. The average molecular weight is 226 g/mol. The summed E-state index contributed by atoms with van der Waals surface area (Å²) in [6.45, 7) is 3.56. The third-order valence-corrected chi connectivity index (χ3v) is 2.00. The number of hydrogen-bond donors (Lipinski definition) is 0. The third kappa shape index (κ3) is 5.64. The number of esters is 1. The van der Waals surface area contributed by atoms with Gasteiger partial charge in [-0.2, -0.15) is 13.2 Å². The maximum absolute atomic E-state index is 12.4. The molecule has 0 saturated heterocycles. The number of hydrogen-bond acceptors (Lipinski definition) is 2. The van der Waals surface area contributed by atoms with E-state index in [0.29, 0.717) is 12.8 Å². The minimum absolute atomic E-state index is 0.0750. The van der Waals surface area contributed by atoms with Crippen LogP contribution in [0.1, 0.15) is 39.5 Å². The number of carbonyl (C=O) groups excluding carboxylic acids is 1. The Kier molecular flexibility index (Phi) is 6.36. The van der Waals surface area contributed by atoms with Crippen molar-refractivity contribution in [1.29, 1.82) is 0 Å². The summed E-state index contributed by atoms with van der Waals surface area (Å²) in [6.07, 6.45) is -2.99. The Labute approximate surface area is 87.8 Å². The minimum Gasteiger partial charge on any atom is -0.465 e. The summed E-state index contributed by atoms with van der Waals surface area (Å²) in [5, 5.41) is 0. The second kappa shape index (κ2) is 6.69. The van der Waals surface area contributed by atoms with Crippen LogP contribution >= 0.6 is 0 Å². The van der Waals surface area contributed by atoms with Crippen LogP contribution in [-0.2, 0) is 9.53 Å². The highest BCUT2D eigenvalue weighted by Gasteiger charge is 2.45. The Balaban J connectivity index is 4.18. The second-order valence-electron chi connectivity index (χ2n) is 3.40. The minimum atomic E-state index is -4.49. The second-order valence-corrected chi connectivity index (χ2v) is 3.40. The molecule has 0 saturated carbocycles. The fourth-order valence-electron chi connectivity index (χ4n) is 1.12. The number of halogens is 3. The van der Waals surface area contributed by atoms with Crippen LogP contribution in [0.3, 0.4) is 0 Å². The van der Waals surface area contributed by atoms with Gasteiger partial charge in [-0.05, 0) is 12.8 Å². The molecule has 15 heavy (non-hydrogen) atoms. The molecule has 1 unspecified atom stereocenters. The molecule has 0 N–H and O–H groups in total. The largest absolute Gasteiger partial charge is 0.465 e. The van der Waals surface area contributed by atoms with Crippen molar-refractivity contribution in [2.24, 2.45) is 5.92 Å². The topological polar surface area (TPSA) is 26.3 Å². The first-order chi connectivity index (χ1) is 6.93. The normalized spacial score (nSPS) is 13.7. The van der Waals surface area contributed by atoms with E-state index in [9.17, 15) is 18.0 Å². The smallest absolute Gasteiger partial charge is 0.402 e. The van der Waals surface area contributed by atoms with Crippen molar-refractivity contribution in [1.82, 2.24) is 0 Å². The molecule has 0 aliphatic heterocycles. The third-order valence-electron chi connectivity index (χ3n) is 2.00. The van der Waals surface area contributed by atoms with E-state index >= 15 is 0 Å². The zero-order chi connectivity index (χ0) is 11.9. The van der Waals surface area contributed by atoms with Crippen molar-refractivity contribution in [3.05, 3.63) is 0 Å². The summed E-state index contributed by atoms with van der Waals surface area (Å²) >= 11 is 0. The Hall–Kier alpha value is -0.740. The Morgan fingerprint density at radius 2 is 1.87 bits per heavy atom. The molecule has 0 aromatic heterocycles. The first-order valence-corrected chi connectivity index (χ1v) is 5.16. The van der Waals surface area contributed by atoms with Gasteiger partial charge in [-0.25, -0.2) is 0 Å². The predicted molar refractivity (Wildman–Crippen MR) is 50.3 cm³/mol. The van der Waals surface area contributed by atoms with Gasteiger partial charge in [0.25, 0.3) is 0 Å². The molecule has 1 atom stereocenters. The van der Waals surface area contributed by atoms with Crippen LogP contribution in [-0.4, -0.2) is 18.8 Å². The monoisotopic (exact) mass is 226 g/mol. The Bertz CT molecular complexity index is 190. The molecule has 0 rings (SSSR count). The van der Waals surface area contributed by atoms with Crippen molar-refractivity contribution >= 4 is 5.97 Å². The zero-order valence-corrected chi connectivity index (χ0v) is 9.06. The van der Waals surface area contributed by atoms with Crippen LogP contribution in [0.25, 0.3) is 0 Å². The van der Waals surface area contributed by atoms with Crippen LogP contribution in [0.15, 0.2) is 0 Å². The SMILES string of the molecule is CCCCOC(=O)C(CCC)C(F)(F)F. The van der Waals surface area contributed by atoms with Gasteiger partial charge >= 0.3 is 12.1 Å². The maximum atomic E-state index is 12.4. The van der Waals surface area contributed by atoms with Gasteiger partial charge in [-0.1, -0.05) is 26.7 Å². The molecule has 0 heterocycles. The van der Waals surface area contributed by atoms with Crippen LogP contribution in [0, 0.1) is 5.92 Å². The molecule has 0 aromatic rings. The number of alkyl halides is 3. The molecular formula is C10H17F3O2. The van der Waals surface area contributed by atoms with Crippen molar-refractivity contribution in [3.8, 4) is 0 Å². The molecule has 0 aliphatic carbocycles. The summed E-state index contributed by atoms with van der Waals surface area (Å²) in [6, 6.07) is 0. The average Bonchev–Trinajstić information content (AvgIpc) is 2.12. The lowest BCUT2D eigenvalue weighted by molar-refractivity contribution is -0.198.